The summed E-state index contributed by atoms with van der Waals surface area (Å²) in [5.74, 6) is 0. The molecule has 0 radical (unpaired) electrons. The van der Waals surface area contributed by atoms with E-state index >= 15 is 0 Å². The molecular weight excluding hydrogens is 347 g/mol. The summed E-state index contributed by atoms with van der Waals surface area (Å²) in [7, 11) is 0. The van der Waals surface area contributed by atoms with E-state index in [4.69, 9.17) is 11.6 Å². The van der Waals surface area contributed by atoms with Crippen molar-refractivity contribution >= 4 is 40.0 Å². The van der Waals surface area contributed by atoms with Gasteiger partial charge in [-0.1, -0.05) is 11.6 Å². The van der Waals surface area contributed by atoms with Crippen LogP contribution in [0.3, 0.4) is 0 Å². The Bertz CT molecular complexity index is 909. The van der Waals surface area contributed by atoms with E-state index in [0.717, 1.165) is 12.1 Å². The van der Waals surface area contributed by atoms with Crippen LogP contribution in [0, 0.1) is 0 Å². The standard InChI is InChI=1S/C14H9ClF3N5O/c15-10-3-1-7(5-9(10)14(16,17)18)19-13(24)20-8-2-4-11-12(6-8)22-23-21-11/h1-6H,(H2,19,20,24)(H,21,22,23). The lowest BCUT2D eigenvalue weighted by atomic mass is 10.2. The van der Waals surface area contributed by atoms with Gasteiger partial charge in [0.2, 0.25) is 0 Å². The lowest BCUT2D eigenvalue weighted by molar-refractivity contribution is -0.137. The third-order valence-electron chi connectivity index (χ3n) is 3.10. The molecule has 0 saturated carbocycles. The highest BCUT2D eigenvalue weighted by Crippen LogP contribution is 2.36. The molecule has 124 valence electrons. The molecule has 6 nitrogen and oxygen atoms in total. The molecule has 3 aromatic rings. The number of rotatable bonds is 2. The van der Waals surface area contributed by atoms with E-state index in [1.807, 2.05) is 0 Å². The van der Waals surface area contributed by atoms with Gasteiger partial charge < -0.3 is 10.6 Å². The molecule has 0 atom stereocenters. The minimum Gasteiger partial charge on any atom is -0.308 e. The summed E-state index contributed by atoms with van der Waals surface area (Å²) in [4.78, 5) is 11.9. The van der Waals surface area contributed by atoms with E-state index in [2.05, 4.69) is 26.0 Å². The molecule has 1 heterocycles. The van der Waals surface area contributed by atoms with Crippen LogP contribution in [0.4, 0.5) is 29.3 Å². The van der Waals surface area contributed by atoms with E-state index in [1.54, 1.807) is 18.2 Å². The third kappa shape index (κ3) is 3.40. The lowest BCUT2D eigenvalue weighted by Crippen LogP contribution is -2.19. The van der Waals surface area contributed by atoms with Crippen LogP contribution in [-0.4, -0.2) is 21.4 Å². The second kappa shape index (κ2) is 6.00. The minimum absolute atomic E-state index is 0.0354. The first-order chi connectivity index (χ1) is 11.3. The van der Waals surface area contributed by atoms with Crippen molar-refractivity contribution in [2.45, 2.75) is 6.18 Å². The quantitative estimate of drug-likeness (QED) is 0.641. The van der Waals surface area contributed by atoms with E-state index in [-0.39, 0.29) is 5.69 Å². The summed E-state index contributed by atoms with van der Waals surface area (Å²) in [6.45, 7) is 0. The molecule has 2 amide bonds. The van der Waals surface area contributed by atoms with Gasteiger partial charge in [0.05, 0.1) is 10.6 Å². The van der Waals surface area contributed by atoms with Gasteiger partial charge in [-0.25, -0.2) is 4.79 Å². The molecule has 24 heavy (non-hydrogen) atoms. The largest absolute Gasteiger partial charge is 0.417 e. The lowest BCUT2D eigenvalue weighted by Gasteiger charge is -2.12. The zero-order chi connectivity index (χ0) is 17.3. The number of alkyl halides is 3. The van der Waals surface area contributed by atoms with Crippen molar-refractivity contribution in [3.05, 3.63) is 47.0 Å². The van der Waals surface area contributed by atoms with Gasteiger partial charge in [0, 0.05) is 11.4 Å². The SMILES string of the molecule is O=C(Nc1ccc(Cl)c(C(F)(F)F)c1)Nc1ccc2n[nH]nc2c1. The van der Waals surface area contributed by atoms with Crippen molar-refractivity contribution in [2.75, 3.05) is 10.6 Å². The predicted octanol–water partition coefficient (Wildman–Crippen LogP) is 4.27. The molecule has 2 aromatic carbocycles. The maximum Gasteiger partial charge on any atom is 0.417 e. The van der Waals surface area contributed by atoms with Gasteiger partial charge in [-0.15, -0.1) is 0 Å². The zero-order valence-corrected chi connectivity index (χ0v) is 12.5. The van der Waals surface area contributed by atoms with Gasteiger partial charge in [-0.05, 0) is 36.4 Å². The fourth-order valence-corrected chi connectivity index (χ4v) is 2.26. The van der Waals surface area contributed by atoms with Crippen LogP contribution in [-0.2, 0) is 6.18 Å². The number of urea groups is 1. The first kappa shape index (κ1) is 16.1. The predicted molar refractivity (Wildman–Crippen MR) is 83.0 cm³/mol. The number of H-pyrrole nitrogens is 1. The number of hydrogen-bond acceptors (Lipinski definition) is 3. The molecule has 0 fully saturated rings. The number of hydrogen-bond donors (Lipinski definition) is 3. The summed E-state index contributed by atoms with van der Waals surface area (Å²) in [6, 6.07) is 7.21. The van der Waals surface area contributed by atoms with Crippen LogP contribution in [0.15, 0.2) is 36.4 Å². The van der Waals surface area contributed by atoms with Crippen LogP contribution >= 0.6 is 11.6 Å². The van der Waals surface area contributed by atoms with Crippen LogP contribution in [0.5, 0.6) is 0 Å². The number of nitrogens with one attached hydrogen (secondary N) is 3. The molecule has 3 N–H and O–H groups in total. The second-order valence-electron chi connectivity index (χ2n) is 4.80. The average molecular weight is 356 g/mol. The van der Waals surface area contributed by atoms with E-state index in [1.165, 1.54) is 6.07 Å². The Labute approximate surface area is 138 Å². The number of aromatic nitrogens is 3. The van der Waals surface area contributed by atoms with Crippen LogP contribution in [0.25, 0.3) is 11.0 Å². The molecule has 0 bridgehead atoms. The molecular formula is C14H9ClF3N5O. The van der Waals surface area contributed by atoms with E-state index < -0.39 is 22.8 Å². The number of anilines is 2. The number of carbonyl (C=O) groups excluding carboxylic acids is 1. The Balaban J connectivity index is 1.75. The second-order valence-corrected chi connectivity index (χ2v) is 5.21. The topological polar surface area (TPSA) is 82.7 Å². The van der Waals surface area contributed by atoms with Crippen molar-refractivity contribution in [3.8, 4) is 0 Å². The minimum atomic E-state index is -4.61. The number of amides is 2. The zero-order valence-electron chi connectivity index (χ0n) is 11.8. The highest BCUT2D eigenvalue weighted by atomic mass is 35.5. The average Bonchev–Trinajstić information content (AvgIpc) is 2.95. The van der Waals surface area contributed by atoms with Crippen molar-refractivity contribution in [2.24, 2.45) is 0 Å². The normalized spacial score (nSPS) is 11.5. The van der Waals surface area contributed by atoms with Crippen molar-refractivity contribution in [1.82, 2.24) is 15.4 Å². The first-order valence-corrected chi connectivity index (χ1v) is 6.96. The Kier molecular flexibility index (Phi) is 4.02. The summed E-state index contributed by atoms with van der Waals surface area (Å²) in [6.07, 6.45) is -4.61. The van der Waals surface area contributed by atoms with E-state index in [9.17, 15) is 18.0 Å². The number of aromatic amines is 1. The fourth-order valence-electron chi connectivity index (χ4n) is 2.03. The summed E-state index contributed by atoms with van der Waals surface area (Å²) in [5.41, 5.74) is 0.517. The molecule has 0 spiro atoms. The Morgan fingerprint density at radius 1 is 1.00 bits per heavy atom. The van der Waals surface area contributed by atoms with Crippen LogP contribution in [0.2, 0.25) is 5.02 Å². The van der Waals surface area contributed by atoms with Gasteiger partial charge in [0.1, 0.15) is 11.0 Å². The smallest absolute Gasteiger partial charge is 0.308 e. The maximum atomic E-state index is 12.8. The summed E-state index contributed by atoms with van der Waals surface area (Å²) in [5, 5.41) is 14.6. The van der Waals surface area contributed by atoms with Gasteiger partial charge in [-0.2, -0.15) is 28.6 Å². The molecule has 0 aliphatic carbocycles. The van der Waals surface area contributed by atoms with Crippen LogP contribution in [0.1, 0.15) is 5.56 Å². The number of halogens is 4. The fraction of sp³-hybridized carbons (Fsp3) is 0.0714. The number of carbonyl (C=O) groups is 1. The molecule has 0 unspecified atom stereocenters. The molecule has 10 heteroatoms. The highest BCUT2D eigenvalue weighted by molar-refractivity contribution is 6.31. The van der Waals surface area contributed by atoms with Gasteiger partial charge >= 0.3 is 12.2 Å². The monoisotopic (exact) mass is 355 g/mol. The van der Waals surface area contributed by atoms with Gasteiger partial charge in [0.25, 0.3) is 0 Å². The van der Waals surface area contributed by atoms with Crippen molar-refractivity contribution < 1.29 is 18.0 Å². The van der Waals surface area contributed by atoms with Crippen molar-refractivity contribution in [3.63, 3.8) is 0 Å². The first-order valence-electron chi connectivity index (χ1n) is 6.58. The maximum absolute atomic E-state index is 12.8. The van der Waals surface area contributed by atoms with Gasteiger partial charge in [0.15, 0.2) is 0 Å². The van der Waals surface area contributed by atoms with Crippen LogP contribution < -0.4 is 10.6 Å². The number of fused-ring (bicyclic) bond motifs is 1. The number of nitrogens with zero attached hydrogens (tertiary/aromatic N) is 2. The number of benzene rings is 2. The molecule has 0 saturated heterocycles. The Hall–Kier alpha value is -2.81. The highest BCUT2D eigenvalue weighted by Gasteiger charge is 2.33. The Morgan fingerprint density at radius 2 is 1.62 bits per heavy atom. The Morgan fingerprint density at radius 3 is 2.33 bits per heavy atom. The summed E-state index contributed by atoms with van der Waals surface area (Å²) >= 11 is 5.53. The van der Waals surface area contributed by atoms with Crippen molar-refractivity contribution in [1.29, 1.82) is 0 Å². The van der Waals surface area contributed by atoms with E-state index in [0.29, 0.717) is 16.7 Å². The molecule has 0 aliphatic heterocycles. The third-order valence-corrected chi connectivity index (χ3v) is 3.43. The molecule has 3 rings (SSSR count). The van der Waals surface area contributed by atoms with Gasteiger partial charge in [-0.3, -0.25) is 0 Å². The molecule has 0 aliphatic rings. The summed E-state index contributed by atoms with van der Waals surface area (Å²) < 4.78 is 38.4. The molecule has 1 aromatic heterocycles.